The minimum Gasteiger partial charge on any atom is -0.397 e. The number of benzene rings is 1. The first-order valence-electron chi connectivity index (χ1n) is 7.98. The number of hydrogen-bond donors (Lipinski definition) is 1. The molecule has 0 aromatic heterocycles. The lowest BCUT2D eigenvalue weighted by Gasteiger charge is -2.27. The number of carbonyl (C=O) groups is 1. The molecule has 0 radical (unpaired) electrons. The Labute approximate surface area is 145 Å². The summed E-state index contributed by atoms with van der Waals surface area (Å²) in [6.07, 6.45) is 3.56. The zero-order valence-electron chi connectivity index (χ0n) is 15.2. The van der Waals surface area contributed by atoms with Gasteiger partial charge in [-0.25, -0.2) is 0 Å². The number of nitrogens with one attached hydrogen (secondary N) is 1. The van der Waals surface area contributed by atoms with E-state index in [1.807, 2.05) is 57.8 Å². The number of anilines is 1. The molecule has 0 bridgehead atoms. The number of fused-ring (bicyclic) bond motifs is 1. The van der Waals surface area contributed by atoms with Crippen LogP contribution in [0.4, 0.5) is 5.69 Å². The Balaban J connectivity index is 2.40. The molecule has 5 heteroatoms. The molecule has 0 saturated carbocycles. The lowest BCUT2D eigenvalue weighted by Crippen LogP contribution is -2.38. The van der Waals surface area contributed by atoms with Gasteiger partial charge in [-0.3, -0.25) is 4.79 Å². The Bertz CT molecular complexity index is 782. The highest BCUT2D eigenvalue weighted by molar-refractivity contribution is 6.69. The van der Waals surface area contributed by atoms with Gasteiger partial charge in [-0.15, -0.1) is 0 Å². The maximum absolute atomic E-state index is 12.3. The van der Waals surface area contributed by atoms with Crippen molar-refractivity contribution in [3.8, 4) is 6.07 Å². The summed E-state index contributed by atoms with van der Waals surface area (Å²) in [6, 6.07) is 8.12. The molecule has 4 nitrogen and oxygen atoms in total. The summed E-state index contributed by atoms with van der Waals surface area (Å²) < 4.78 is 5.97. The molecule has 1 atom stereocenters. The highest BCUT2D eigenvalue weighted by Crippen LogP contribution is 2.35. The quantitative estimate of drug-likeness (QED) is 0.652. The maximum Gasteiger partial charge on any atom is 0.256 e. The van der Waals surface area contributed by atoms with Gasteiger partial charge in [0.2, 0.25) is 0 Å². The van der Waals surface area contributed by atoms with Gasteiger partial charge in [-0.05, 0) is 64.2 Å². The number of aryl methyl sites for hydroxylation is 1. The molecule has 1 amide bonds. The van der Waals surface area contributed by atoms with Crippen molar-refractivity contribution in [2.75, 3.05) is 5.32 Å². The SMILES string of the molecule is CC(/C=C/[C@@](C)(C#N)O[Si](C)(C)C)=C1/C(=O)Nc2ccc(C)cc21. The second-order valence-corrected chi connectivity index (χ2v) is 11.8. The molecule has 0 spiro atoms. The Morgan fingerprint density at radius 3 is 2.62 bits per heavy atom. The molecule has 24 heavy (non-hydrogen) atoms. The summed E-state index contributed by atoms with van der Waals surface area (Å²) in [5.74, 6) is -0.109. The smallest absolute Gasteiger partial charge is 0.256 e. The average Bonchev–Trinajstić information content (AvgIpc) is 2.78. The average molecular weight is 340 g/mol. The van der Waals surface area contributed by atoms with Crippen molar-refractivity contribution < 1.29 is 9.22 Å². The van der Waals surface area contributed by atoms with Gasteiger partial charge in [0.15, 0.2) is 13.9 Å². The summed E-state index contributed by atoms with van der Waals surface area (Å²) in [4.78, 5) is 12.3. The van der Waals surface area contributed by atoms with Gasteiger partial charge in [0.05, 0.1) is 5.57 Å². The summed E-state index contributed by atoms with van der Waals surface area (Å²) in [7, 11) is -1.86. The largest absolute Gasteiger partial charge is 0.397 e. The number of nitrogens with zero attached hydrogens (tertiary/aromatic N) is 1. The standard InChI is InChI=1S/C19H24N2O2Si/c1-13-7-8-16-15(11-13)17(18(22)21-16)14(2)9-10-19(3,12-20)23-24(4,5)6/h7-11H,1-6H3,(H,21,22)/b10-9+,17-14-/t19-/m0/s1. The molecule has 1 aliphatic heterocycles. The normalized spacial score (nSPS) is 18.8. The van der Waals surface area contributed by atoms with E-state index in [4.69, 9.17) is 4.43 Å². The van der Waals surface area contributed by atoms with Crippen LogP contribution in [0.3, 0.4) is 0 Å². The molecule has 1 N–H and O–H groups in total. The van der Waals surface area contributed by atoms with Crippen LogP contribution in [0.5, 0.6) is 0 Å². The first-order chi connectivity index (χ1) is 11.0. The molecule has 0 saturated heterocycles. The summed E-state index contributed by atoms with van der Waals surface area (Å²) in [5, 5.41) is 12.4. The minimum absolute atomic E-state index is 0.109. The predicted octanol–water partition coefficient (Wildman–Crippen LogP) is 4.41. The molecule has 1 aromatic rings. The van der Waals surface area contributed by atoms with Crippen LogP contribution in [-0.2, 0) is 9.22 Å². The van der Waals surface area contributed by atoms with Crippen LogP contribution in [0.1, 0.15) is 25.0 Å². The number of amides is 1. The molecule has 2 rings (SSSR count). The van der Waals surface area contributed by atoms with Crippen molar-refractivity contribution in [3.63, 3.8) is 0 Å². The molecule has 1 aromatic carbocycles. The number of allylic oxidation sites excluding steroid dienone is 2. The summed E-state index contributed by atoms with van der Waals surface area (Å²) >= 11 is 0. The molecule has 126 valence electrons. The van der Waals surface area contributed by atoms with E-state index in [0.29, 0.717) is 5.57 Å². The lowest BCUT2D eigenvalue weighted by atomic mass is 9.98. The second-order valence-electron chi connectivity index (χ2n) is 7.33. The monoisotopic (exact) mass is 340 g/mol. The first kappa shape index (κ1) is 18.2. The Morgan fingerprint density at radius 2 is 2.04 bits per heavy atom. The topological polar surface area (TPSA) is 62.1 Å². The Kier molecular flexibility index (Phi) is 4.84. The molecule has 1 aliphatic rings. The summed E-state index contributed by atoms with van der Waals surface area (Å²) in [5.41, 5.74) is 3.32. The number of nitriles is 1. The Hall–Kier alpha value is -2.16. The van der Waals surface area contributed by atoms with Gasteiger partial charge in [-0.1, -0.05) is 17.7 Å². The predicted molar refractivity (Wildman–Crippen MR) is 100.0 cm³/mol. The van der Waals surface area contributed by atoms with Crippen molar-refractivity contribution >= 4 is 25.5 Å². The molecule has 1 heterocycles. The number of rotatable bonds is 4. The van der Waals surface area contributed by atoms with Crippen molar-refractivity contribution in [1.82, 2.24) is 0 Å². The molecular formula is C19H24N2O2Si. The van der Waals surface area contributed by atoms with E-state index in [1.54, 1.807) is 13.0 Å². The van der Waals surface area contributed by atoms with Crippen LogP contribution in [0.15, 0.2) is 35.9 Å². The van der Waals surface area contributed by atoms with Crippen LogP contribution in [0, 0.1) is 18.3 Å². The van der Waals surface area contributed by atoms with Crippen LogP contribution < -0.4 is 5.32 Å². The van der Waals surface area contributed by atoms with Crippen molar-refractivity contribution in [2.45, 2.75) is 46.0 Å². The van der Waals surface area contributed by atoms with E-state index in [2.05, 4.69) is 11.4 Å². The second kappa shape index (κ2) is 6.38. The summed E-state index contributed by atoms with van der Waals surface area (Å²) in [6.45, 7) is 11.8. The third kappa shape index (κ3) is 4.02. The molecule has 0 aliphatic carbocycles. The maximum atomic E-state index is 12.3. The molecule has 0 unspecified atom stereocenters. The van der Waals surface area contributed by atoms with Gasteiger partial charge in [0, 0.05) is 11.3 Å². The number of carbonyl (C=O) groups excluding carboxylic acids is 1. The van der Waals surface area contributed by atoms with Crippen molar-refractivity contribution in [1.29, 1.82) is 5.26 Å². The van der Waals surface area contributed by atoms with Crippen molar-refractivity contribution in [2.24, 2.45) is 0 Å². The highest BCUT2D eigenvalue weighted by atomic mass is 28.4. The fourth-order valence-electron chi connectivity index (χ4n) is 2.77. The van der Waals surface area contributed by atoms with Crippen LogP contribution in [0.25, 0.3) is 5.57 Å². The van der Waals surface area contributed by atoms with E-state index in [1.165, 1.54) is 0 Å². The fraction of sp³-hybridized carbons (Fsp3) is 0.368. The van der Waals surface area contributed by atoms with Gasteiger partial charge in [0.25, 0.3) is 5.91 Å². The third-order valence-electron chi connectivity index (χ3n) is 3.71. The van der Waals surface area contributed by atoms with Gasteiger partial charge in [-0.2, -0.15) is 5.26 Å². The zero-order valence-corrected chi connectivity index (χ0v) is 16.2. The van der Waals surface area contributed by atoms with E-state index in [0.717, 1.165) is 22.4 Å². The van der Waals surface area contributed by atoms with Crippen LogP contribution in [-0.4, -0.2) is 19.8 Å². The Morgan fingerprint density at radius 1 is 1.38 bits per heavy atom. The van der Waals surface area contributed by atoms with E-state index in [9.17, 15) is 10.1 Å². The van der Waals surface area contributed by atoms with E-state index >= 15 is 0 Å². The zero-order chi connectivity index (χ0) is 18.1. The fourth-order valence-corrected chi connectivity index (χ4v) is 4.16. The van der Waals surface area contributed by atoms with E-state index in [-0.39, 0.29) is 5.91 Å². The third-order valence-corrected chi connectivity index (χ3v) is 4.74. The van der Waals surface area contributed by atoms with Crippen LogP contribution in [0.2, 0.25) is 19.6 Å². The van der Waals surface area contributed by atoms with Gasteiger partial charge in [0.1, 0.15) is 6.07 Å². The number of hydrogen-bond acceptors (Lipinski definition) is 3. The first-order valence-corrected chi connectivity index (χ1v) is 11.4. The minimum atomic E-state index is -1.86. The molecular weight excluding hydrogens is 316 g/mol. The van der Waals surface area contributed by atoms with E-state index < -0.39 is 13.9 Å². The lowest BCUT2D eigenvalue weighted by molar-refractivity contribution is -0.110. The van der Waals surface area contributed by atoms with Crippen molar-refractivity contribution in [3.05, 3.63) is 47.1 Å². The molecule has 0 fully saturated rings. The van der Waals surface area contributed by atoms with Crippen LogP contribution >= 0.6 is 0 Å². The van der Waals surface area contributed by atoms with Gasteiger partial charge >= 0.3 is 0 Å². The highest BCUT2D eigenvalue weighted by Gasteiger charge is 2.30. The van der Waals surface area contributed by atoms with Gasteiger partial charge < -0.3 is 9.74 Å².